The quantitative estimate of drug-likeness (QED) is 0.785. The first-order valence-electron chi connectivity index (χ1n) is 8.37. The summed E-state index contributed by atoms with van der Waals surface area (Å²) in [6.07, 6.45) is 0.422. The Hall–Kier alpha value is -2.49. The van der Waals surface area contributed by atoms with Crippen LogP contribution in [0.1, 0.15) is 6.42 Å². The van der Waals surface area contributed by atoms with E-state index in [4.69, 9.17) is 9.47 Å². The molecule has 2 fully saturated rings. The van der Waals surface area contributed by atoms with Crippen LogP contribution in [0.2, 0.25) is 0 Å². The molecule has 0 bridgehead atoms. The molecule has 3 heterocycles. The highest BCUT2D eigenvalue weighted by Gasteiger charge is 2.33. The average molecular weight is 381 g/mol. The smallest absolute Gasteiger partial charge is 0.325 e. The van der Waals surface area contributed by atoms with Crippen molar-refractivity contribution in [2.75, 3.05) is 42.8 Å². The normalized spacial score (nSPS) is 23.5. The zero-order chi connectivity index (χ0) is 18.3. The maximum atomic E-state index is 12.6. The van der Waals surface area contributed by atoms with Crippen LogP contribution < -0.4 is 19.7 Å². The van der Waals surface area contributed by atoms with Gasteiger partial charge in [-0.3, -0.25) is 9.69 Å². The minimum absolute atomic E-state index is 0.0317. The van der Waals surface area contributed by atoms with Crippen molar-refractivity contribution in [3.63, 3.8) is 0 Å². The zero-order valence-electron chi connectivity index (χ0n) is 14.0. The van der Waals surface area contributed by atoms with Crippen molar-refractivity contribution in [3.05, 3.63) is 18.2 Å². The van der Waals surface area contributed by atoms with E-state index in [0.29, 0.717) is 36.7 Å². The first-order chi connectivity index (χ1) is 12.4. The number of carbonyl (C=O) groups is 2. The summed E-state index contributed by atoms with van der Waals surface area (Å²) >= 11 is 0. The zero-order valence-corrected chi connectivity index (χ0v) is 14.8. The molecule has 4 rings (SSSR count). The van der Waals surface area contributed by atoms with Crippen molar-refractivity contribution in [2.24, 2.45) is 0 Å². The van der Waals surface area contributed by atoms with Crippen LogP contribution in [0, 0.1) is 0 Å². The summed E-state index contributed by atoms with van der Waals surface area (Å²) in [6, 6.07) is 4.64. The molecule has 2 saturated heterocycles. The number of hydrogen-bond acceptors (Lipinski definition) is 6. The molecule has 0 radical (unpaired) electrons. The first-order valence-corrected chi connectivity index (χ1v) is 10.2. The molecule has 1 aromatic rings. The van der Waals surface area contributed by atoms with E-state index in [1.165, 1.54) is 4.90 Å². The van der Waals surface area contributed by atoms with Gasteiger partial charge in [0.1, 0.15) is 6.54 Å². The number of amides is 3. The van der Waals surface area contributed by atoms with Crippen LogP contribution in [0.3, 0.4) is 0 Å². The first kappa shape index (κ1) is 17.0. The molecular formula is C16H19N3O6S. The lowest BCUT2D eigenvalue weighted by Gasteiger charge is -2.19. The number of benzene rings is 1. The van der Waals surface area contributed by atoms with Crippen molar-refractivity contribution < 1.29 is 27.5 Å². The summed E-state index contributed by atoms with van der Waals surface area (Å²) in [4.78, 5) is 27.8. The molecule has 3 aliphatic heterocycles. The summed E-state index contributed by atoms with van der Waals surface area (Å²) in [5.74, 6) is 0.958. The second kappa shape index (κ2) is 6.35. The molecule has 0 spiro atoms. The third kappa shape index (κ3) is 3.28. The topological polar surface area (TPSA) is 105 Å². The van der Waals surface area contributed by atoms with Gasteiger partial charge in [-0.1, -0.05) is 0 Å². The minimum Gasteiger partial charge on any atom is -0.454 e. The molecule has 0 aromatic heterocycles. The standard InChI is InChI=1S/C16H19N3O6S/c20-15(17-11-3-6-26(22,23)9-11)8-18-4-5-19(16(18)21)12-1-2-13-14(7-12)25-10-24-13/h1-2,7,11H,3-6,8-10H2,(H,17,20). The lowest BCUT2D eigenvalue weighted by molar-refractivity contribution is -0.122. The lowest BCUT2D eigenvalue weighted by atomic mass is 10.2. The molecule has 1 N–H and O–H groups in total. The molecule has 26 heavy (non-hydrogen) atoms. The number of urea groups is 1. The molecular weight excluding hydrogens is 362 g/mol. The summed E-state index contributed by atoms with van der Waals surface area (Å²) in [5.41, 5.74) is 0.684. The maximum absolute atomic E-state index is 12.6. The van der Waals surface area contributed by atoms with Gasteiger partial charge in [0.15, 0.2) is 21.3 Å². The molecule has 1 atom stereocenters. The van der Waals surface area contributed by atoms with E-state index in [1.54, 1.807) is 23.1 Å². The number of nitrogens with zero attached hydrogens (tertiary/aromatic N) is 2. The van der Waals surface area contributed by atoms with Gasteiger partial charge in [-0.25, -0.2) is 13.2 Å². The van der Waals surface area contributed by atoms with Gasteiger partial charge < -0.3 is 19.7 Å². The van der Waals surface area contributed by atoms with Gasteiger partial charge in [0, 0.05) is 30.9 Å². The molecule has 10 heteroatoms. The number of hydrogen-bond donors (Lipinski definition) is 1. The number of sulfone groups is 1. The number of nitrogens with one attached hydrogen (secondary N) is 1. The van der Waals surface area contributed by atoms with E-state index < -0.39 is 9.84 Å². The third-order valence-corrected chi connectivity index (χ3v) is 6.46. The van der Waals surface area contributed by atoms with E-state index in [2.05, 4.69) is 5.32 Å². The highest BCUT2D eigenvalue weighted by atomic mass is 32.2. The van der Waals surface area contributed by atoms with Gasteiger partial charge in [-0.15, -0.1) is 0 Å². The van der Waals surface area contributed by atoms with Gasteiger partial charge in [0.05, 0.1) is 11.5 Å². The molecule has 0 saturated carbocycles. The van der Waals surface area contributed by atoms with Gasteiger partial charge in [-0.05, 0) is 18.6 Å². The second-order valence-corrected chi connectivity index (χ2v) is 8.79. The summed E-state index contributed by atoms with van der Waals surface area (Å²) in [7, 11) is -3.05. The van der Waals surface area contributed by atoms with Crippen molar-refractivity contribution in [1.29, 1.82) is 0 Å². The summed E-state index contributed by atoms with van der Waals surface area (Å²) < 4.78 is 33.5. The minimum atomic E-state index is -3.05. The van der Waals surface area contributed by atoms with E-state index >= 15 is 0 Å². The molecule has 3 aliphatic rings. The fourth-order valence-corrected chi connectivity index (χ4v) is 5.05. The van der Waals surface area contributed by atoms with Crippen molar-refractivity contribution in [1.82, 2.24) is 10.2 Å². The van der Waals surface area contributed by atoms with Crippen LogP contribution in [-0.2, 0) is 14.6 Å². The summed E-state index contributed by atoms with van der Waals surface area (Å²) in [5, 5.41) is 2.70. The Bertz CT molecular complexity index is 856. The molecule has 3 amide bonds. The monoisotopic (exact) mass is 381 g/mol. The lowest BCUT2D eigenvalue weighted by Crippen LogP contribution is -2.44. The van der Waals surface area contributed by atoms with Crippen LogP contribution in [0.15, 0.2) is 18.2 Å². The molecule has 1 unspecified atom stereocenters. The number of fused-ring (bicyclic) bond motifs is 1. The number of anilines is 1. The largest absolute Gasteiger partial charge is 0.454 e. The van der Waals surface area contributed by atoms with Gasteiger partial charge >= 0.3 is 6.03 Å². The Balaban J connectivity index is 1.36. The fraction of sp³-hybridized carbons (Fsp3) is 0.500. The van der Waals surface area contributed by atoms with Crippen LogP contribution >= 0.6 is 0 Å². The van der Waals surface area contributed by atoms with Gasteiger partial charge in [0.2, 0.25) is 12.7 Å². The number of rotatable bonds is 4. The third-order valence-electron chi connectivity index (χ3n) is 4.69. The van der Waals surface area contributed by atoms with E-state index in [1.807, 2.05) is 0 Å². The Morgan fingerprint density at radius 2 is 2.04 bits per heavy atom. The highest BCUT2D eigenvalue weighted by molar-refractivity contribution is 7.91. The van der Waals surface area contributed by atoms with Crippen molar-refractivity contribution in [3.8, 4) is 11.5 Å². The van der Waals surface area contributed by atoms with E-state index in [-0.39, 0.29) is 42.8 Å². The Morgan fingerprint density at radius 1 is 1.23 bits per heavy atom. The van der Waals surface area contributed by atoms with E-state index in [0.717, 1.165) is 0 Å². The van der Waals surface area contributed by atoms with E-state index in [9.17, 15) is 18.0 Å². The highest BCUT2D eigenvalue weighted by Crippen LogP contribution is 2.36. The van der Waals surface area contributed by atoms with Gasteiger partial charge in [0.25, 0.3) is 0 Å². The Kier molecular flexibility index (Phi) is 4.14. The van der Waals surface area contributed by atoms with Crippen molar-refractivity contribution >= 4 is 27.5 Å². The average Bonchev–Trinajstić information content (AvgIpc) is 3.27. The van der Waals surface area contributed by atoms with Crippen LogP contribution in [0.5, 0.6) is 11.5 Å². The Morgan fingerprint density at radius 3 is 2.81 bits per heavy atom. The predicted molar refractivity (Wildman–Crippen MR) is 92.1 cm³/mol. The second-order valence-electron chi connectivity index (χ2n) is 6.56. The molecule has 0 aliphatic carbocycles. The summed E-state index contributed by atoms with van der Waals surface area (Å²) in [6.45, 7) is 0.958. The van der Waals surface area contributed by atoms with Gasteiger partial charge in [-0.2, -0.15) is 0 Å². The van der Waals surface area contributed by atoms with Crippen LogP contribution in [0.4, 0.5) is 10.5 Å². The Labute approximate surface area is 150 Å². The maximum Gasteiger partial charge on any atom is 0.325 e. The van der Waals surface area contributed by atoms with Crippen molar-refractivity contribution in [2.45, 2.75) is 12.5 Å². The molecule has 140 valence electrons. The van der Waals surface area contributed by atoms with Crippen LogP contribution in [-0.4, -0.2) is 69.2 Å². The molecule has 9 nitrogen and oxygen atoms in total. The molecule has 1 aromatic carbocycles. The predicted octanol–water partition coefficient (Wildman–Crippen LogP) is -0.0394. The number of carbonyl (C=O) groups excluding carboxylic acids is 2. The number of ether oxygens (including phenoxy) is 2. The van der Waals surface area contributed by atoms with Crippen LogP contribution in [0.25, 0.3) is 0 Å². The fourth-order valence-electron chi connectivity index (χ4n) is 3.38. The SMILES string of the molecule is O=C(CN1CCN(c2ccc3c(c2)OCO3)C1=O)NC1CCS(=O)(=O)C1.